The summed E-state index contributed by atoms with van der Waals surface area (Å²) >= 11 is 0. The minimum Gasteiger partial charge on any atom is -0.315 e. The minimum absolute atomic E-state index is 0.354. The Morgan fingerprint density at radius 2 is 1.93 bits per heavy atom. The van der Waals surface area contributed by atoms with Crippen molar-refractivity contribution in [2.75, 3.05) is 27.2 Å². The van der Waals surface area contributed by atoms with Crippen LogP contribution in [0.3, 0.4) is 0 Å². The molecule has 84 valence electrons. The molecule has 0 aromatic heterocycles. The summed E-state index contributed by atoms with van der Waals surface area (Å²) in [4.78, 5) is 2.48. The lowest BCUT2D eigenvalue weighted by Gasteiger charge is -2.33. The molecule has 2 heteroatoms. The molecule has 1 N–H and O–H groups in total. The van der Waals surface area contributed by atoms with Crippen LogP contribution in [-0.4, -0.2) is 38.1 Å². The van der Waals surface area contributed by atoms with Gasteiger partial charge in [0.1, 0.15) is 0 Å². The quantitative estimate of drug-likeness (QED) is 0.726. The highest BCUT2D eigenvalue weighted by molar-refractivity contribution is 4.83. The summed E-state index contributed by atoms with van der Waals surface area (Å²) in [5.41, 5.74) is 0.354. The molecule has 0 spiro atoms. The van der Waals surface area contributed by atoms with Crippen molar-refractivity contribution in [3.05, 3.63) is 0 Å². The molecule has 1 saturated carbocycles. The standard InChI is InChI=1S/C12H26N2/c1-12(2,3)11(13-4)9-14(5)8-10-6-7-10/h10-11,13H,6-9H2,1-5H3. The maximum Gasteiger partial charge on any atom is 0.0240 e. The second kappa shape index (κ2) is 4.63. The summed E-state index contributed by atoms with van der Waals surface area (Å²) in [5.74, 6) is 0.998. The fourth-order valence-electron chi connectivity index (χ4n) is 1.93. The summed E-state index contributed by atoms with van der Waals surface area (Å²) in [7, 11) is 4.31. The zero-order valence-corrected chi connectivity index (χ0v) is 10.4. The fraction of sp³-hybridized carbons (Fsp3) is 1.00. The van der Waals surface area contributed by atoms with Gasteiger partial charge in [-0.15, -0.1) is 0 Å². The number of rotatable bonds is 5. The van der Waals surface area contributed by atoms with Crippen molar-refractivity contribution in [2.24, 2.45) is 11.3 Å². The number of nitrogens with zero attached hydrogens (tertiary/aromatic N) is 1. The molecule has 0 bridgehead atoms. The van der Waals surface area contributed by atoms with E-state index in [1.54, 1.807) is 0 Å². The van der Waals surface area contributed by atoms with Crippen LogP contribution in [0.1, 0.15) is 33.6 Å². The molecule has 0 heterocycles. The van der Waals surface area contributed by atoms with E-state index in [2.05, 4.69) is 45.1 Å². The van der Waals surface area contributed by atoms with Gasteiger partial charge in [0, 0.05) is 19.1 Å². The van der Waals surface area contributed by atoms with E-state index in [4.69, 9.17) is 0 Å². The first-order valence-electron chi connectivity index (χ1n) is 5.79. The molecule has 1 fully saturated rings. The molecule has 1 aliphatic carbocycles. The number of hydrogen-bond acceptors (Lipinski definition) is 2. The van der Waals surface area contributed by atoms with Gasteiger partial charge in [0.15, 0.2) is 0 Å². The third kappa shape index (κ3) is 3.97. The number of likely N-dealkylation sites (N-methyl/N-ethyl adjacent to an activating group) is 2. The normalized spacial score (nSPS) is 20.1. The van der Waals surface area contributed by atoms with Gasteiger partial charge in [0.05, 0.1) is 0 Å². The van der Waals surface area contributed by atoms with Gasteiger partial charge in [-0.25, -0.2) is 0 Å². The van der Waals surface area contributed by atoms with Crippen LogP contribution in [-0.2, 0) is 0 Å². The van der Waals surface area contributed by atoms with Gasteiger partial charge in [-0.2, -0.15) is 0 Å². The van der Waals surface area contributed by atoms with Gasteiger partial charge in [-0.05, 0) is 38.3 Å². The zero-order chi connectivity index (χ0) is 10.8. The highest BCUT2D eigenvalue weighted by atomic mass is 15.1. The van der Waals surface area contributed by atoms with E-state index in [-0.39, 0.29) is 0 Å². The Morgan fingerprint density at radius 3 is 2.29 bits per heavy atom. The lowest BCUT2D eigenvalue weighted by molar-refractivity contribution is 0.198. The predicted octanol–water partition coefficient (Wildman–Crippen LogP) is 1.96. The van der Waals surface area contributed by atoms with Crippen molar-refractivity contribution in [3.63, 3.8) is 0 Å². The van der Waals surface area contributed by atoms with Crippen LogP contribution in [0, 0.1) is 11.3 Å². The van der Waals surface area contributed by atoms with Crippen LogP contribution in [0.25, 0.3) is 0 Å². The van der Waals surface area contributed by atoms with E-state index in [0.717, 1.165) is 12.5 Å². The molecule has 0 radical (unpaired) electrons. The molecule has 0 saturated heterocycles. The minimum atomic E-state index is 0.354. The Labute approximate surface area is 89.1 Å². The molecule has 0 amide bonds. The summed E-state index contributed by atoms with van der Waals surface area (Å²) in [6, 6.07) is 0.589. The lowest BCUT2D eigenvalue weighted by atomic mass is 9.86. The van der Waals surface area contributed by atoms with Gasteiger partial charge in [0.25, 0.3) is 0 Å². The SMILES string of the molecule is CNC(CN(C)CC1CC1)C(C)(C)C. The highest BCUT2D eigenvalue weighted by Crippen LogP contribution is 2.29. The molecular weight excluding hydrogens is 172 g/mol. The lowest BCUT2D eigenvalue weighted by Crippen LogP contribution is -2.46. The summed E-state index contributed by atoms with van der Waals surface area (Å²) in [6.45, 7) is 9.36. The monoisotopic (exact) mass is 198 g/mol. The first kappa shape index (κ1) is 12.0. The average molecular weight is 198 g/mol. The summed E-state index contributed by atoms with van der Waals surface area (Å²) in [5, 5.41) is 3.42. The highest BCUT2D eigenvalue weighted by Gasteiger charge is 2.27. The van der Waals surface area contributed by atoms with E-state index in [1.165, 1.54) is 19.4 Å². The molecule has 2 nitrogen and oxygen atoms in total. The predicted molar refractivity (Wildman–Crippen MR) is 62.5 cm³/mol. The number of nitrogens with one attached hydrogen (secondary N) is 1. The van der Waals surface area contributed by atoms with Crippen molar-refractivity contribution in [1.82, 2.24) is 10.2 Å². The Bertz CT molecular complexity index is 168. The Balaban J connectivity index is 2.30. The van der Waals surface area contributed by atoms with Crippen LogP contribution in [0.5, 0.6) is 0 Å². The smallest absolute Gasteiger partial charge is 0.0240 e. The number of hydrogen-bond donors (Lipinski definition) is 1. The third-order valence-electron chi connectivity index (χ3n) is 3.15. The molecule has 14 heavy (non-hydrogen) atoms. The molecule has 0 aromatic carbocycles. The molecule has 1 atom stereocenters. The van der Waals surface area contributed by atoms with Gasteiger partial charge >= 0.3 is 0 Å². The zero-order valence-electron chi connectivity index (χ0n) is 10.4. The van der Waals surface area contributed by atoms with Gasteiger partial charge in [-0.1, -0.05) is 20.8 Å². The Kier molecular flexibility index (Phi) is 3.96. The van der Waals surface area contributed by atoms with Crippen LogP contribution < -0.4 is 5.32 Å². The van der Waals surface area contributed by atoms with Gasteiger partial charge in [-0.3, -0.25) is 0 Å². The maximum atomic E-state index is 3.42. The largest absolute Gasteiger partial charge is 0.315 e. The second-order valence-corrected chi connectivity index (χ2v) is 5.87. The van der Waals surface area contributed by atoms with E-state index in [0.29, 0.717) is 11.5 Å². The fourth-order valence-corrected chi connectivity index (χ4v) is 1.93. The van der Waals surface area contributed by atoms with Crippen LogP contribution in [0.15, 0.2) is 0 Å². The molecule has 0 aromatic rings. The summed E-state index contributed by atoms with van der Waals surface area (Å²) < 4.78 is 0. The maximum absolute atomic E-state index is 3.42. The van der Waals surface area contributed by atoms with Gasteiger partial charge in [0.2, 0.25) is 0 Å². The van der Waals surface area contributed by atoms with Crippen LogP contribution in [0.2, 0.25) is 0 Å². The van der Waals surface area contributed by atoms with E-state index in [9.17, 15) is 0 Å². The van der Waals surface area contributed by atoms with E-state index >= 15 is 0 Å². The average Bonchev–Trinajstić information content (AvgIpc) is 2.81. The van der Waals surface area contributed by atoms with Crippen molar-refractivity contribution in [2.45, 2.75) is 39.7 Å². The first-order valence-corrected chi connectivity index (χ1v) is 5.79. The molecule has 1 aliphatic rings. The third-order valence-corrected chi connectivity index (χ3v) is 3.15. The van der Waals surface area contributed by atoms with Crippen LogP contribution in [0.4, 0.5) is 0 Å². The van der Waals surface area contributed by atoms with Crippen molar-refractivity contribution >= 4 is 0 Å². The van der Waals surface area contributed by atoms with E-state index < -0.39 is 0 Å². The molecule has 1 rings (SSSR count). The van der Waals surface area contributed by atoms with E-state index in [1.807, 2.05) is 0 Å². The Morgan fingerprint density at radius 1 is 1.36 bits per heavy atom. The second-order valence-electron chi connectivity index (χ2n) is 5.87. The summed E-state index contributed by atoms with van der Waals surface area (Å²) in [6.07, 6.45) is 2.90. The van der Waals surface area contributed by atoms with Crippen molar-refractivity contribution in [3.8, 4) is 0 Å². The molecular formula is C12H26N2. The topological polar surface area (TPSA) is 15.3 Å². The molecule has 0 aliphatic heterocycles. The first-order chi connectivity index (χ1) is 6.43. The molecule has 1 unspecified atom stereocenters. The van der Waals surface area contributed by atoms with Gasteiger partial charge < -0.3 is 10.2 Å². The van der Waals surface area contributed by atoms with Crippen molar-refractivity contribution < 1.29 is 0 Å². The van der Waals surface area contributed by atoms with Crippen LogP contribution >= 0.6 is 0 Å². The van der Waals surface area contributed by atoms with Crippen molar-refractivity contribution in [1.29, 1.82) is 0 Å². The Hall–Kier alpha value is -0.0800.